The molecule has 0 bridgehead atoms. The van der Waals surface area contributed by atoms with Crippen LogP contribution in [0.3, 0.4) is 0 Å². The van der Waals surface area contributed by atoms with Crippen molar-refractivity contribution in [2.24, 2.45) is 5.92 Å². The summed E-state index contributed by atoms with van der Waals surface area (Å²) >= 11 is 0. The van der Waals surface area contributed by atoms with E-state index in [0.717, 1.165) is 11.1 Å². The zero-order chi connectivity index (χ0) is 20.3. The molecule has 1 N–H and O–H groups in total. The van der Waals surface area contributed by atoms with Gasteiger partial charge in [-0.25, -0.2) is 0 Å². The summed E-state index contributed by atoms with van der Waals surface area (Å²) in [6.07, 6.45) is 0.218. The Balaban J connectivity index is 1.72. The van der Waals surface area contributed by atoms with Crippen LogP contribution >= 0.6 is 0 Å². The van der Waals surface area contributed by atoms with Crippen LogP contribution < -0.4 is 14.8 Å². The molecule has 28 heavy (non-hydrogen) atoms. The number of carbonyl (C=O) groups is 2. The molecule has 0 spiro atoms. The summed E-state index contributed by atoms with van der Waals surface area (Å²) in [6, 6.07) is 13.4. The molecule has 148 valence electrons. The highest BCUT2D eigenvalue weighted by atomic mass is 16.5. The van der Waals surface area contributed by atoms with Gasteiger partial charge in [0.1, 0.15) is 0 Å². The number of carbonyl (C=O) groups excluding carboxylic acids is 2. The standard InChI is InChI=1S/C22H26N2O4/c1-14-10-19(27-3)20(28-4)12-18(14)23-22(26)17-11-21(25)24(13-17)15(2)16-8-6-5-7-9-16/h5-10,12,15,17H,11,13H2,1-4H3,(H,23,26). The van der Waals surface area contributed by atoms with Crippen LogP contribution in [0.2, 0.25) is 0 Å². The molecule has 1 aliphatic rings. The molecule has 2 amide bonds. The van der Waals surface area contributed by atoms with E-state index < -0.39 is 0 Å². The van der Waals surface area contributed by atoms with Gasteiger partial charge in [-0.3, -0.25) is 9.59 Å². The Labute approximate surface area is 165 Å². The first kappa shape index (κ1) is 19.7. The molecule has 6 heteroatoms. The van der Waals surface area contributed by atoms with Gasteiger partial charge in [0, 0.05) is 24.7 Å². The third kappa shape index (κ3) is 3.96. The highest BCUT2D eigenvalue weighted by molar-refractivity contribution is 5.98. The highest BCUT2D eigenvalue weighted by Gasteiger charge is 2.37. The SMILES string of the molecule is COc1cc(C)c(NC(=O)C2CC(=O)N(C(C)c3ccccc3)C2)cc1OC. The zero-order valence-electron chi connectivity index (χ0n) is 16.7. The number of likely N-dealkylation sites (tertiary alicyclic amines) is 1. The van der Waals surface area contributed by atoms with E-state index in [1.807, 2.05) is 50.2 Å². The minimum absolute atomic E-state index is 0.000497. The fourth-order valence-electron chi connectivity index (χ4n) is 3.54. The average molecular weight is 382 g/mol. The van der Waals surface area contributed by atoms with E-state index in [0.29, 0.717) is 23.7 Å². The number of hydrogen-bond donors (Lipinski definition) is 1. The lowest BCUT2D eigenvalue weighted by Crippen LogP contribution is -2.30. The minimum Gasteiger partial charge on any atom is -0.493 e. The number of anilines is 1. The predicted molar refractivity (Wildman–Crippen MR) is 108 cm³/mol. The summed E-state index contributed by atoms with van der Waals surface area (Å²) in [5.74, 6) is 0.611. The minimum atomic E-state index is -0.383. The predicted octanol–water partition coefficient (Wildman–Crippen LogP) is 3.56. The summed E-state index contributed by atoms with van der Waals surface area (Å²) in [7, 11) is 3.12. The van der Waals surface area contributed by atoms with Gasteiger partial charge in [0.2, 0.25) is 11.8 Å². The maximum Gasteiger partial charge on any atom is 0.229 e. The van der Waals surface area contributed by atoms with Gasteiger partial charge in [0.05, 0.1) is 26.2 Å². The zero-order valence-corrected chi connectivity index (χ0v) is 16.7. The molecule has 1 saturated heterocycles. The first-order chi connectivity index (χ1) is 13.4. The molecule has 1 heterocycles. The molecule has 0 aromatic heterocycles. The van der Waals surface area contributed by atoms with E-state index in [1.165, 1.54) is 0 Å². The molecular formula is C22H26N2O4. The van der Waals surface area contributed by atoms with E-state index >= 15 is 0 Å². The second kappa shape index (κ2) is 8.33. The van der Waals surface area contributed by atoms with Crippen LogP contribution in [0.5, 0.6) is 11.5 Å². The number of hydrogen-bond acceptors (Lipinski definition) is 4. The smallest absolute Gasteiger partial charge is 0.229 e. The van der Waals surface area contributed by atoms with Gasteiger partial charge < -0.3 is 19.7 Å². The van der Waals surface area contributed by atoms with E-state index in [4.69, 9.17) is 9.47 Å². The van der Waals surface area contributed by atoms with Gasteiger partial charge in [-0.2, -0.15) is 0 Å². The number of aryl methyl sites for hydroxylation is 1. The molecule has 0 saturated carbocycles. The van der Waals surface area contributed by atoms with Crippen molar-refractivity contribution in [3.63, 3.8) is 0 Å². The molecular weight excluding hydrogens is 356 g/mol. The van der Waals surface area contributed by atoms with Gasteiger partial charge in [-0.1, -0.05) is 30.3 Å². The van der Waals surface area contributed by atoms with Crippen LogP contribution in [0.15, 0.2) is 42.5 Å². The van der Waals surface area contributed by atoms with Crippen LogP contribution in [0.1, 0.15) is 30.5 Å². The van der Waals surface area contributed by atoms with Crippen molar-refractivity contribution >= 4 is 17.5 Å². The lowest BCUT2D eigenvalue weighted by molar-refractivity contribution is -0.129. The normalized spacial score (nSPS) is 17.4. The second-order valence-corrected chi connectivity index (χ2v) is 7.05. The quantitative estimate of drug-likeness (QED) is 0.829. The monoisotopic (exact) mass is 382 g/mol. The Hall–Kier alpha value is -3.02. The van der Waals surface area contributed by atoms with Crippen LogP contribution in [0.25, 0.3) is 0 Å². The van der Waals surface area contributed by atoms with Crippen molar-refractivity contribution in [2.75, 3.05) is 26.1 Å². The first-order valence-corrected chi connectivity index (χ1v) is 9.32. The van der Waals surface area contributed by atoms with E-state index in [-0.39, 0.29) is 30.2 Å². The summed E-state index contributed by atoms with van der Waals surface area (Å²) in [4.78, 5) is 27.1. The number of rotatable bonds is 6. The van der Waals surface area contributed by atoms with Crippen LogP contribution in [0, 0.1) is 12.8 Å². The van der Waals surface area contributed by atoms with Gasteiger partial charge in [-0.15, -0.1) is 0 Å². The number of amides is 2. The molecule has 0 aliphatic carbocycles. The van der Waals surface area contributed by atoms with Crippen LogP contribution in [-0.2, 0) is 9.59 Å². The number of methoxy groups -OCH3 is 2. The molecule has 0 radical (unpaired) electrons. The molecule has 1 fully saturated rings. The van der Waals surface area contributed by atoms with Gasteiger partial charge in [0.15, 0.2) is 11.5 Å². The molecule has 2 atom stereocenters. The average Bonchev–Trinajstić information content (AvgIpc) is 3.11. The summed E-state index contributed by atoms with van der Waals surface area (Å²) in [5, 5.41) is 2.94. The molecule has 2 aromatic carbocycles. The van der Waals surface area contributed by atoms with Crippen molar-refractivity contribution in [2.45, 2.75) is 26.3 Å². The number of nitrogens with one attached hydrogen (secondary N) is 1. The summed E-state index contributed by atoms with van der Waals surface area (Å²) in [5.41, 5.74) is 2.59. The number of nitrogens with zero attached hydrogens (tertiary/aromatic N) is 1. The summed E-state index contributed by atoms with van der Waals surface area (Å²) in [6.45, 7) is 4.29. The second-order valence-electron chi connectivity index (χ2n) is 7.05. The Kier molecular flexibility index (Phi) is 5.87. The molecule has 2 aromatic rings. The van der Waals surface area contributed by atoms with E-state index in [2.05, 4.69) is 5.32 Å². The lowest BCUT2D eigenvalue weighted by atomic mass is 10.1. The Morgan fingerprint density at radius 2 is 1.79 bits per heavy atom. The lowest BCUT2D eigenvalue weighted by Gasteiger charge is -2.25. The first-order valence-electron chi connectivity index (χ1n) is 9.32. The van der Waals surface area contributed by atoms with Crippen molar-refractivity contribution in [3.05, 3.63) is 53.6 Å². The molecule has 6 nitrogen and oxygen atoms in total. The van der Waals surface area contributed by atoms with Gasteiger partial charge in [0.25, 0.3) is 0 Å². The molecule has 3 rings (SSSR count). The molecule has 2 unspecified atom stereocenters. The van der Waals surface area contributed by atoms with Gasteiger partial charge in [-0.05, 0) is 31.0 Å². The third-order valence-electron chi connectivity index (χ3n) is 5.27. The maximum atomic E-state index is 12.8. The van der Waals surface area contributed by atoms with Gasteiger partial charge >= 0.3 is 0 Å². The van der Waals surface area contributed by atoms with Crippen LogP contribution in [-0.4, -0.2) is 37.5 Å². The largest absolute Gasteiger partial charge is 0.493 e. The topological polar surface area (TPSA) is 67.9 Å². The van der Waals surface area contributed by atoms with Crippen molar-refractivity contribution in [3.8, 4) is 11.5 Å². The fourth-order valence-corrected chi connectivity index (χ4v) is 3.54. The fraction of sp³-hybridized carbons (Fsp3) is 0.364. The Bertz CT molecular complexity index is 866. The Morgan fingerprint density at radius 3 is 2.43 bits per heavy atom. The van der Waals surface area contributed by atoms with E-state index in [9.17, 15) is 9.59 Å². The number of ether oxygens (including phenoxy) is 2. The number of benzene rings is 2. The van der Waals surface area contributed by atoms with Crippen molar-refractivity contribution in [1.82, 2.24) is 4.90 Å². The highest BCUT2D eigenvalue weighted by Crippen LogP contribution is 2.34. The van der Waals surface area contributed by atoms with Crippen molar-refractivity contribution < 1.29 is 19.1 Å². The van der Waals surface area contributed by atoms with Crippen LogP contribution in [0.4, 0.5) is 5.69 Å². The Morgan fingerprint density at radius 1 is 1.14 bits per heavy atom. The maximum absolute atomic E-state index is 12.8. The molecule has 1 aliphatic heterocycles. The van der Waals surface area contributed by atoms with Crippen molar-refractivity contribution in [1.29, 1.82) is 0 Å². The third-order valence-corrected chi connectivity index (χ3v) is 5.27. The summed E-state index contributed by atoms with van der Waals surface area (Å²) < 4.78 is 10.6. The van der Waals surface area contributed by atoms with E-state index in [1.54, 1.807) is 25.2 Å².